The zero-order valence-electron chi connectivity index (χ0n) is 45.6. The van der Waals surface area contributed by atoms with Gasteiger partial charge in [0, 0.05) is 94.5 Å². The van der Waals surface area contributed by atoms with Gasteiger partial charge in [0.25, 0.3) is 0 Å². The number of carboxylic acids is 1. The van der Waals surface area contributed by atoms with Crippen LogP contribution in [0.5, 0.6) is 11.5 Å². The van der Waals surface area contributed by atoms with Crippen LogP contribution in [0.4, 0.5) is 55.3 Å². The van der Waals surface area contributed by atoms with Gasteiger partial charge >= 0.3 is 24.3 Å². The molecule has 22 heteroatoms. The Balaban J connectivity index is 0.000000204. The molecule has 85 heavy (non-hydrogen) atoms. The number of alkyl halides is 6. The maximum absolute atomic E-state index is 14.3. The predicted molar refractivity (Wildman–Crippen MR) is 294 cm³/mol. The number of ether oxygens (including phenoxy) is 3. The normalized spacial score (nSPS) is 13.8. The van der Waals surface area contributed by atoms with Crippen molar-refractivity contribution in [1.82, 2.24) is 9.13 Å². The summed E-state index contributed by atoms with van der Waals surface area (Å²) in [5.74, 6) is -5.41. The first-order chi connectivity index (χ1) is 40.4. The predicted octanol–water partition coefficient (Wildman–Crippen LogP) is 15.2. The van der Waals surface area contributed by atoms with Gasteiger partial charge in [0.05, 0.1) is 40.8 Å². The van der Waals surface area contributed by atoms with E-state index in [-0.39, 0.29) is 81.3 Å². The summed E-state index contributed by atoms with van der Waals surface area (Å²) >= 11 is 0. The number of aromatic nitrogens is 2. The lowest BCUT2D eigenvalue weighted by Gasteiger charge is -2.28. The third-order valence-corrected chi connectivity index (χ3v) is 14.4. The van der Waals surface area contributed by atoms with E-state index in [1.54, 1.807) is 70.3 Å². The van der Waals surface area contributed by atoms with Gasteiger partial charge in [-0.1, -0.05) is 0 Å². The highest BCUT2D eigenvalue weighted by Gasteiger charge is 2.34. The largest absolute Gasteiger partial charge is 0.488 e. The standard InChI is InChI=1S/C32H27F5N2O4.C31H25F5N2O4/c1-19-6-10-28(39(19)25-14-21(31(41)42-2)13-24(17-25)38-12-4-3-5-30(38)40)26-15-22(32(35,36)37)8-11-29(26)43-18-20-7-9-23(33)16-27(20)34;1-18-5-9-27(38(18)24-13-20(30(40)41)12-23(16-24)37-11-3-2-4-29(37)39)25-14-21(31(34,35)36)7-10-28(25)42-17-19-6-8-22(32)15-26(19)33/h6-11,13-17H,3-5,12,18H2,1-2H3;5-10,12-16H,2-4,11,17H2,1H3,(H,40,41). The van der Waals surface area contributed by atoms with E-state index in [1.165, 1.54) is 42.3 Å². The lowest BCUT2D eigenvalue weighted by Crippen LogP contribution is -2.35. The first-order valence-corrected chi connectivity index (χ1v) is 26.5. The second kappa shape index (κ2) is 24.9. The Morgan fingerprint density at radius 1 is 0.506 bits per heavy atom. The van der Waals surface area contributed by atoms with Crippen molar-refractivity contribution in [2.45, 2.75) is 77.9 Å². The first-order valence-electron chi connectivity index (χ1n) is 26.5. The third kappa shape index (κ3) is 13.5. The minimum absolute atomic E-state index is 0.00110. The maximum atomic E-state index is 14.3. The van der Waals surface area contributed by atoms with Crippen LogP contribution in [0.25, 0.3) is 33.9 Å². The van der Waals surface area contributed by atoms with Gasteiger partial charge < -0.3 is 38.3 Å². The fourth-order valence-corrected chi connectivity index (χ4v) is 10.1. The van der Waals surface area contributed by atoms with E-state index in [4.69, 9.17) is 14.2 Å². The highest BCUT2D eigenvalue weighted by molar-refractivity contribution is 5.98. The summed E-state index contributed by atoms with van der Waals surface area (Å²) in [6.07, 6.45) is -5.70. The van der Waals surface area contributed by atoms with Crippen molar-refractivity contribution in [3.8, 4) is 45.4 Å². The average Bonchev–Trinajstić information content (AvgIpc) is 4.17. The molecule has 442 valence electrons. The van der Waals surface area contributed by atoms with Crippen LogP contribution in [0.1, 0.15) is 92.9 Å². The number of halogens is 10. The highest BCUT2D eigenvalue weighted by atomic mass is 19.4. The van der Waals surface area contributed by atoms with Crippen molar-refractivity contribution in [2.75, 3.05) is 30.0 Å². The molecule has 2 saturated heterocycles. The topological polar surface area (TPSA) is 133 Å². The first kappa shape index (κ1) is 60.3. The highest BCUT2D eigenvalue weighted by Crippen LogP contribution is 2.42. The van der Waals surface area contributed by atoms with Crippen LogP contribution in [0, 0.1) is 37.1 Å². The van der Waals surface area contributed by atoms with Crippen molar-refractivity contribution in [1.29, 1.82) is 0 Å². The SMILES string of the molecule is COC(=O)c1cc(N2CCCCC2=O)cc(-n2c(C)ccc2-c2cc(C(F)(F)F)ccc2OCc2ccc(F)cc2F)c1.Cc1ccc(-c2cc(C(F)(F)F)ccc2OCc2ccc(F)cc2F)n1-c1cc(C(=O)O)cc(N2CCCCC2=O)c1. The number of carbonyl (C=O) groups excluding carboxylic acids is 3. The molecule has 8 aromatic rings. The number of carboxylic acid groups (broad SMARTS) is 1. The zero-order chi connectivity index (χ0) is 61.1. The molecular weight excluding hydrogens is 1130 g/mol. The molecule has 4 heterocycles. The molecule has 0 bridgehead atoms. The number of carbonyl (C=O) groups is 4. The van der Waals surface area contributed by atoms with Gasteiger partial charge in [-0.15, -0.1) is 0 Å². The Morgan fingerprint density at radius 2 is 0.918 bits per heavy atom. The number of rotatable bonds is 14. The average molecular weight is 1180 g/mol. The van der Waals surface area contributed by atoms with E-state index in [0.29, 0.717) is 72.2 Å². The number of aryl methyl sites for hydroxylation is 2. The maximum Gasteiger partial charge on any atom is 0.416 e. The van der Waals surface area contributed by atoms with Crippen LogP contribution >= 0.6 is 0 Å². The van der Waals surface area contributed by atoms with Crippen molar-refractivity contribution in [2.24, 2.45) is 0 Å². The number of piperidine rings is 2. The summed E-state index contributed by atoms with van der Waals surface area (Å²) in [5.41, 5.74) is 1.47. The Bertz CT molecular complexity index is 3870. The molecule has 2 aliphatic heterocycles. The molecule has 0 aliphatic carbocycles. The number of benzene rings is 6. The summed E-state index contributed by atoms with van der Waals surface area (Å²) in [7, 11) is 1.23. The number of aromatic carboxylic acids is 1. The Hall–Kier alpha value is -9.34. The molecular formula is C63H52F10N4O8. The van der Waals surface area contributed by atoms with Crippen molar-refractivity contribution >= 4 is 35.1 Å². The summed E-state index contributed by atoms with van der Waals surface area (Å²) < 4.78 is 158. The van der Waals surface area contributed by atoms with Crippen LogP contribution in [-0.4, -0.2) is 58.2 Å². The number of amides is 2. The molecule has 0 unspecified atom stereocenters. The van der Waals surface area contributed by atoms with Crippen LogP contribution in [0.2, 0.25) is 0 Å². The van der Waals surface area contributed by atoms with Gasteiger partial charge in [-0.25, -0.2) is 27.2 Å². The van der Waals surface area contributed by atoms with Crippen LogP contribution in [0.15, 0.2) is 133 Å². The lowest BCUT2D eigenvalue weighted by molar-refractivity contribution is -0.138. The van der Waals surface area contributed by atoms with Crippen LogP contribution in [0.3, 0.4) is 0 Å². The number of nitrogens with zero attached hydrogens (tertiary/aromatic N) is 4. The van der Waals surface area contributed by atoms with E-state index >= 15 is 0 Å². The molecule has 2 amide bonds. The van der Waals surface area contributed by atoms with Gasteiger partial charge in [-0.05, 0) is 161 Å². The minimum Gasteiger partial charge on any atom is -0.488 e. The van der Waals surface area contributed by atoms with E-state index in [0.717, 1.165) is 74.2 Å². The smallest absolute Gasteiger partial charge is 0.416 e. The third-order valence-electron chi connectivity index (χ3n) is 14.4. The van der Waals surface area contributed by atoms with E-state index < -0.39 is 58.7 Å². The van der Waals surface area contributed by atoms with Gasteiger partial charge in [-0.3, -0.25) is 9.59 Å². The van der Waals surface area contributed by atoms with E-state index in [1.807, 2.05) is 0 Å². The monoisotopic (exact) mass is 1180 g/mol. The minimum atomic E-state index is -4.69. The molecule has 1 N–H and O–H groups in total. The molecule has 0 atom stereocenters. The number of hydrogen-bond acceptors (Lipinski definition) is 7. The Morgan fingerprint density at radius 3 is 1.31 bits per heavy atom. The fraction of sp³-hybridized carbons (Fsp3) is 0.238. The number of hydrogen-bond donors (Lipinski definition) is 1. The molecule has 0 spiro atoms. The number of esters is 1. The summed E-state index contributed by atoms with van der Waals surface area (Å²) in [4.78, 5) is 53.1. The van der Waals surface area contributed by atoms with Gasteiger partial charge in [0.1, 0.15) is 48.0 Å². The van der Waals surface area contributed by atoms with Gasteiger partial charge in [0.2, 0.25) is 11.8 Å². The molecule has 6 aromatic carbocycles. The molecule has 0 saturated carbocycles. The molecule has 2 aromatic heterocycles. The van der Waals surface area contributed by atoms with E-state index in [9.17, 15) is 68.2 Å². The fourth-order valence-electron chi connectivity index (χ4n) is 10.1. The van der Waals surface area contributed by atoms with Crippen molar-refractivity contribution in [3.63, 3.8) is 0 Å². The molecule has 0 radical (unpaired) electrons. The van der Waals surface area contributed by atoms with Gasteiger partial charge in [0.15, 0.2) is 0 Å². The second-order valence-electron chi connectivity index (χ2n) is 20.1. The quantitative estimate of drug-likeness (QED) is 0.0841. The van der Waals surface area contributed by atoms with Crippen LogP contribution in [-0.2, 0) is 39.9 Å². The number of anilines is 2. The van der Waals surface area contributed by atoms with E-state index in [2.05, 4.69) is 0 Å². The molecule has 2 aliphatic rings. The zero-order valence-corrected chi connectivity index (χ0v) is 45.6. The summed E-state index contributed by atoms with van der Waals surface area (Å²) in [6, 6.07) is 27.3. The number of methoxy groups -OCH3 is 1. The molecule has 10 rings (SSSR count). The van der Waals surface area contributed by atoms with Crippen molar-refractivity contribution in [3.05, 3.63) is 201 Å². The Labute approximate surface area is 480 Å². The van der Waals surface area contributed by atoms with Crippen molar-refractivity contribution < 1.29 is 82.4 Å². The molecule has 2 fully saturated rings. The van der Waals surface area contributed by atoms with Crippen LogP contribution < -0.4 is 19.3 Å². The lowest BCUT2D eigenvalue weighted by atomic mass is 10.0. The Kier molecular flexibility index (Phi) is 17.6. The molecule has 12 nitrogen and oxygen atoms in total. The summed E-state index contributed by atoms with van der Waals surface area (Å²) in [6.45, 7) is 3.53. The second-order valence-corrected chi connectivity index (χ2v) is 20.1. The van der Waals surface area contributed by atoms with Gasteiger partial charge in [-0.2, -0.15) is 26.3 Å². The summed E-state index contributed by atoms with van der Waals surface area (Å²) in [5, 5.41) is 9.83.